The highest BCUT2D eigenvalue weighted by Gasteiger charge is 2.55. The van der Waals surface area contributed by atoms with Crippen molar-refractivity contribution in [1.29, 1.82) is 0 Å². The molecule has 2 aromatic rings. The predicted molar refractivity (Wildman–Crippen MR) is 118 cm³/mol. The number of hydrogen-bond acceptors (Lipinski definition) is 3. The van der Waals surface area contributed by atoms with Crippen molar-refractivity contribution in [2.45, 2.75) is 52.7 Å². The lowest BCUT2D eigenvalue weighted by Gasteiger charge is -2.38. The summed E-state index contributed by atoms with van der Waals surface area (Å²) < 4.78 is 0. The number of nitrogens with zero attached hydrogens (tertiary/aromatic N) is 3. The molecular formula is C23H30N4O3. The van der Waals surface area contributed by atoms with E-state index in [0.717, 1.165) is 17.5 Å². The van der Waals surface area contributed by atoms with Crippen molar-refractivity contribution in [3.63, 3.8) is 0 Å². The van der Waals surface area contributed by atoms with Crippen LogP contribution in [0.15, 0.2) is 48.5 Å². The number of para-hydroxylation sites is 2. The molecule has 1 fully saturated rings. The topological polar surface area (TPSA) is 76.1 Å². The zero-order valence-corrected chi connectivity index (χ0v) is 18.2. The molecule has 1 saturated heterocycles. The number of amides is 4. The maximum Gasteiger partial charge on any atom is 0.347 e. The van der Waals surface area contributed by atoms with Crippen LogP contribution in [-0.4, -0.2) is 45.5 Å². The smallest absolute Gasteiger partial charge is 0.315 e. The first-order chi connectivity index (χ1) is 14.2. The minimum absolute atomic E-state index is 0.233. The molecule has 0 radical (unpaired) electrons. The largest absolute Gasteiger partial charge is 0.347 e. The number of hydroxylamine groups is 2. The van der Waals surface area contributed by atoms with Crippen LogP contribution in [0.25, 0.3) is 0 Å². The van der Waals surface area contributed by atoms with E-state index in [0.29, 0.717) is 23.0 Å². The van der Waals surface area contributed by atoms with E-state index in [-0.39, 0.29) is 6.03 Å². The minimum atomic E-state index is -0.901. The summed E-state index contributed by atoms with van der Waals surface area (Å²) in [5, 5.41) is 14.4. The van der Waals surface area contributed by atoms with Gasteiger partial charge in [0.15, 0.2) is 6.17 Å². The molecule has 1 unspecified atom stereocenters. The zero-order valence-electron chi connectivity index (χ0n) is 18.2. The molecule has 7 nitrogen and oxygen atoms in total. The molecule has 1 heterocycles. The normalized spacial score (nSPS) is 17.9. The van der Waals surface area contributed by atoms with Gasteiger partial charge in [-0.2, -0.15) is 5.06 Å². The van der Waals surface area contributed by atoms with Crippen LogP contribution in [0.5, 0.6) is 0 Å². The van der Waals surface area contributed by atoms with Gasteiger partial charge in [-0.3, -0.25) is 10.1 Å². The maximum absolute atomic E-state index is 13.4. The van der Waals surface area contributed by atoms with Gasteiger partial charge in [-0.05, 0) is 57.4 Å². The van der Waals surface area contributed by atoms with Gasteiger partial charge in [0.25, 0.3) is 0 Å². The summed E-state index contributed by atoms with van der Waals surface area (Å²) in [6, 6.07) is 13.9. The second-order valence-electron chi connectivity index (χ2n) is 8.21. The first-order valence-corrected chi connectivity index (χ1v) is 10.2. The second kappa shape index (κ2) is 8.36. The molecule has 0 bridgehead atoms. The van der Waals surface area contributed by atoms with Crippen LogP contribution >= 0.6 is 0 Å². The van der Waals surface area contributed by atoms with E-state index in [1.54, 1.807) is 11.0 Å². The molecule has 0 spiro atoms. The van der Waals surface area contributed by atoms with E-state index in [4.69, 9.17) is 0 Å². The Morgan fingerprint density at radius 2 is 1.70 bits per heavy atom. The SMILES string of the molecule is CCCN1C(=O)N(c2ccccc2C)C(N(O)C(=O)Nc2ccccc2C)C1(C)C. The number of carbonyl (C=O) groups is 2. The van der Waals surface area contributed by atoms with Crippen LogP contribution in [-0.2, 0) is 0 Å². The standard InChI is InChI=1S/C23H30N4O3/c1-6-15-25-22(29)26(19-14-10-8-12-17(19)3)20(23(25,4)5)27(30)21(28)24-18-13-9-7-11-16(18)2/h7-14,20,30H,6,15H2,1-5H3,(H,24,28). The van der Waals surface area contributed by atoms with Crippen LogP contribution in [0.2, 0.25) is 0 Å². The lowest BCUT2D eigenvalue weighted by molar-refractivity contribution is -0.0948. The third-order valence-corrected chi connectivity index (χ3v) is 5.66. The summed E-state index contributed by atoms with van der Waals surface area (Å²) in [4.78, 5) is 29.6. The van der Waals surface area contributed by atoms with Gasteiger partial charge >= 0.3 is 12.1 Å². The van der Waals surface area contributed by atoms with Crippen molar-refractivity contribution in [3.05, 3.63) is 59.7 Å². The fraction of sp³-hybridized carbons (Fsp3) is 0.391. The second-order valence-corrected chi connectivity index (χ2v) is 8.21. The van der Waals surface area contributed by atoms with Crippen LogP contribution in [0.3, 0.4) is 0 Å². The van der Waals surface area contributed by atoms with Gasteiger partial charge in [-0.1, -0.05) is 43.3 Å². The number of carbonyl (C=O) groups excluding carboxylic acids is 2. The van der Waals surface area contributed by atoms with E-state index >= 15 is 0 Å². The Labute approximate surface area is 177 Å². The molecule has 0 aromatic heterocycles. The molecule has 4 amide bonds. The van der Waals surface area contributed by atoms with Crippen LogP contribution in [0.4, 0.5) is 21.0 Å². The highest BCUT2D eigenvalue weighted by Crippen LogP contribution is 2.39. The average molecular weight is 411 g/mol. The predicted octanol–water partition coefficient (Wildman–Crippen LogP) is 4.98. The number of hydrogen-bond donors (Lipinski definition) is 2. The quantitative estimate of drug-likeness (QED) is 0.539. The molecule has 3 rings (SSSR count). The molecule has 7 heteroatoms. The summed E-state index contributed by atoms with van der Waals surface area (Å²) in [7, 11) is 0. The molecule has 30 heavy (non-hydrogen) atoms. The number of nitrogens with one attached hydrogen (secondary N) is 1. The van der Waals surface area contributed by atoms with Gasteiger partial charge in [0.2, 0.25) is 0 Å². The molecule has 2 aromatic carbocycles. The fourth-order valence-electron chi connectivity index (χ4n) is 4.02. The van der Waals surface area contributed by atoms with E-state index in [1.807, 2.05) is 77.1 Å². The van der Waals surface area contributed by atoms with Crippen LogP contribution in [0, 0.1) is 13.8 Å². The molecular weight excluding hydrogens is 380 g/mol. The first kappa shape index (κ1) is 21.6. The third kappa shape index (κ3) is 3.73. The molecule has 160 valence electrons. The summed E-state index contributed by atoms with van der Waals surface area (Å²) in [6.07, 6.45) is -0.133. The van der Waals surface area contributed by atoms with Crippen molar-refractivity contribution in [2.24, 2.45) is 0 Å². The minimum Gasteiger partial charge on any atom is -0.315 e. The lowest BCUT2D eigenvalue weighted by atomic mass is 9.99. The van der Waals surface area contributed by atoms with E-state index in [9.17, 15) is 14.8 Å². The molecule has 1 atom stereocenters. The molecule has 1 aliphatic heterocycles. The highest BCUT2D eigenvalue weighted by atomic mass is 16.5. The van der Waals surface area contributed by atoms with Crippen LogP contribution < -0.4 is 10.2 Å². The van der Waals surface area contributed by atoms with Crippen molar-refractivity contribution >= 4 is 23.4 Å². The average Bonchev–Trinajstić information content (AvgIpc) is 2.90. The summed E-state index contributed by atoms with van der Waals surface area (Å²) in [5.74, 6) is 0. The van der Waals surface area contributed by atoms with Gasteiger partial charge in [-0.25, -0.2) is 9.59 Å². The zero-order chi connectivity index (χ0) is 22.1. The summed E-state index contributed by atoms with van der Waals surface area (Å²) >= 11 is 0. The molecule has 0 aliphatic carbocycles. The molecule has 1 aliphatic rings. The number of urea groups is 2. The Balaban J connectivity index is 2.01. The Morgan fingerprint density at radius 1 is 1.10 bits per heavy atom. The van der Waals surface area contributed by atoms with Gasteiger partial charge < -0.3 is 10.2 Å². The van der Waals surface area contributed by atoms with Gasteiger partial charge in [-0.15, -0.1) is 0 Å². The third-order valence-electron chi connectivity index (χ3n) is 5.66. The Hall–Kier alpha value is -3.06. The maximum atomic E-state index is 13.4. The molecule has 2 N–H and O–H groups in total. The van der Waals surface area contributed by atoms with Gasteiger partial charge in [0.1, 0.15) is 0 Å². The first-order valence-electron chi connectivity index (χ1n) is 10.2. The number of benzene rings is 2. The monoisotopic (exact) mass is 410 g/mol. The molecule has 0 saturated carbocycles. The van der Waals surface area contributed by atoms with E-state index in [1.165, 1.54) is 4.90 Å². The lowest BCUT2D eigenvalue weighted by Crippen LogP contribution is -2.58. The number of aryl methyl sites for hydroxylation is 2. The fourth-order valence-corrected chi connectivity index (χ4v) is 4.02. The summed E-state index contributed by atoms with van der Waals surface area (Å²) in [6.45, 7) is 10.0. The Bertz CT molecular complexity index is 944. The number of anilines is 2. The Kier molecular flexibility index (Phi) is 6.03. The van der Waals surface area contributed by atoms with Crippen molar-refractivity contribution in [3.8, 4) is 0 Å². The van der Waals surface area contributed by atoms with Gasteiger partial charge in [0, 0.05) is 12.2 Å². The van der Waals surface area contributed by atoms with Crippen molar-refractivity contribution in [1.82, 2.24) is 9.96 Å². The van der Waals surface area contributed by atoms with Crippen molar-refractivity contribution in [2.75, 3.05) is 16.8 Å². The van der Waals surface area contributed by atoms with Gasteiger partial charge in [0.05, 0.1) is 11.2 Å². The Morgan fingerprint density at radius 3 is 2.30 bits per heavy atom. The van der Waals surface area contributed by atoms with E-state index in [2.05, 4.69) is 5.32 Å². The summed E-state index contributed by atoms with van der Waals surface area (Å²) in [5.41, 5.74) is 2.23. The highest BCUT2D eigenvalue weighted by molar-refractivity contribution is 5.98. The van der Waals surface area contributed by atoms with Crippen LogP contribution in [0.1, 0.15) is 38.3 Å². The number of rotatable bonds is 5. The van der Waals surface area contributed by atoms with E-state index < -0.39 is 17.7 Å². The van der Waals surface area contributed by atoms with Crippen molar-refractivity contribution < 1.29 is 14.8 Å².